The topological polar surface area (TPSA) is 133 Å². The molecule has 11 heteroatoms. The molecule has 0 aliphatic carbocycles. The summed E-state index contributed by atoms with van der Waals surface area (Å²) in [5, 5.41) is 9.93. The lowest BCUT2D eigenvalue weighted by Crippen LogP contribution is -2.47. The molecule has 2 saturated heterocycles. The number of nitrogens with two attached hydrogens (primary N) is 1. The van der Waals surface area contributed by atoms with Gasteiger partial charge in [0, 0.05) is 51.3 Å². The summed E-state index contributed by atoms with van der Waals surface area (Å²) in [5.74, 6) is 5.33. The summed E-state index contributed by atoms with van der Waals surface area (Å²) in [6.45, 7) is 13.9. The number of carbonyl (C=O) groups excluding carboxylic acids is 2. The summed E-state index contributed by atoms with van der Waals surface area (Å²) >= 11 is 0. The summed E-state index contributed by atoms with van der Waals surface area (Å²) in [7, 11) is 6.72. The van der Waals surface area contributed by atoms with Gasteiger partial charge in [-0.05, 0) is 121 Å². The fourth-order valence-corrected chi connectivity index (χ4v) is 9.68. The van der Waals surface area contributed by atoms with Crippen LogP contribution in [-0.4, -0.2) is 94.6 Å². The van der Waals surface area contributed by atoms with Gasteiger partial charge in [-0.15, -0.1) is 0 Å². The number of nitrogens with zero attached hydrogens (tertiary/aromatic N) is 2. The third-order valence-electron chi connectivity index (χ3n) is 12.4. The molecule has 11 nitrogen and oxygen atoms in total. The number of benzene rings is 2. The molecule has 6 rings (SSSR count). The number of esters is 1. The quantitative estimate of drug-likeness (QED) is 0.209. The van der Waals surface area contributed by atoms with Crippen LogP contribution < -0.4 is 24.7 Å². The van der Waals surface area contributed by atoms with E-state index >= 15 is 0 Å². The van der Waals surface area contributed by atoms with E-state index in [1.54, 1.807) is 28.4 Å². The minimum absolute atomic E-state index is 0.0321. The number of piperidine rings is 2. The predicted molar refractivity (Wildman–Crippen MR) is 214 cm³/mol. The molecular weight excluding hydrogens is 698 g/mol. The summed E-state index contributed by atoms with van der Waals surface area (Å²) in [6, 6.07) is 9.19. The molecule has 0 spiro atoms. The average molecular weight is 766 g/mol. The zero-order chi connectivity index (χ0) is 39.8. The lowest BCUT2D eigenvalue weighted by atomic mass is 9.74. The molecule has 0 radical (unpaired) electrons. The van der Waals surface area contributed by atoms with Gasteiger partial charge in [0.15, 0.2) is 23.0 Å². The van der Waals surface area contributed by atoms with E-state index in [-0.39, 0.29) is 30.8 Å². The number of hydrogen-bond donors (Lipinski definition) is 2. The van der Waals surface area contributed by atoms with Crippen LogP contribution in [0.2, 0.25) is 0 Å². The van der Waals surface area contributed by atoms with Crippen molar-refractivity contribution in [3.63, 3.8) is 0 Å². The number of hydrogen-bond acceptors (Lipinski definition) is 10. The van der Waals surface area contributed by atoms with Crippen LogP contribution in [-0.2, 0) is 27.2 Å². The van der Waals surface area contributed by atoms with Crippen molar-refractivity contribution in [2.24, 2.45) is 41.2 Å². The Bertz CT molecular complexity index is 1600. The number of ether oxygens (including phenoxy) is 5. The number of amides is 1. The Balaban J connectivity index is 0.000000218. The third kappa shape index (κ3) is 10.5. The molecule has 2 fully saturated rings. The largest absolute Gasteiger partial charge is 0.493 e. The summed E-state index contributed by atoms with van der Waals surface area (Å²) < 4.78 is 27.6. The number of primary amides is 1. The van der Waals surface area contributed by atoms with Gasteiger partial charge in [-0.2, -0.15) is 0 Å². The number of methoxy groups -OCH3 is 4. The van der Waals surface area contributed by atoms with Crippen LogP contribution in [0.1, 0.15) is 101 Å². The Morgan fingerprint density at radius 3 is 1.55 bits per heavy atom. The first-order valence-corrected chi connectivity index (χ1v) is 20.4. The van der Waals surface area contributed by atoms with E-state index in [2.05, 4.69) is 61.8 Å². The zero-order valence-electron chi connectivity index (χ0n) is 34.6. The molecule has 0 aromatic heterocycles. The molecule has 0 saturated carbocycles. The van der Waals surface area contributed by atoms with E-state index in [1.807, 2.05) is 0 Å². The van der Waals surface area contributed by atoms with Crippen molar-refractivity contribution in [3.05, 3.63) is 46.5 Å². The van der Waals surface area contributed by atoms with Crippen LogP contribution in [0, 0.1) is 35.5 Å². The molecule has 1 amide bonds. The first-order valence-electron chi connectivity index (χ1n) is 20.4. The smallest absolute Gasteiger partial charge is 0.306 e. The summed E-state index contributed by atoms with van der Waals surface area (Å²) in [4.78, 5) is 28.2. The second-order valence-corrected chi connectivity index (χ2v) is 16.9. The van der Waals surface area contributed by atoms with Gasteiger partial charge in [-0.3, -0.25) is 19.4 Å². The van der Waals surface area contributed by atoms with E-state index in [4.69, 9.17) is 29.4 Å². The highest BCUT2D eigenvalue weighted by Crippen LogP contribution is 2.47. The van der Waals surface area contributed by atoms with Crippen molar-refractivity contribution < 1.29 is 38.4 Å². The predicted octanol–water partition coefficient (Wildman–Crippen LogP) is 6.37. The molecule has 0 unspecified atom stereocenters. The minimum atomic E-state index is -0.480. The Morgan fingerprint density at radius 1 is 0.691 bits per heavy atom. The van der Waals surface area contributed by atoms with Gasteiger partial charge < -0.3 is 34.5 Å². The molecule has 6 atom stereocenters. The van der Waals surface area contributed by atoms with Crippen LogP contribution >= 0.6 is 0 Å². The van der Waals surface area contributed by atoms with Gasteiger partial charge in [-0.1, -0.05) is 27.7 Å². The van der Waals surface area contributed by atoms with Crippen molar-refractivity contribution in [2.75, 3.05) is 67.8 Å². The van der Waals surface area contributed by atoms with Gasteiger partial charge in [0.25, 0.3) is 0 Å². The highest BCUT2D eigenvalue weighted by Gasteiger charge is 2.41. The van der Waals surface area contributed by atoms with E-state index in [0.29, 0.717) is 48.8 Å². The molecule has 3 N–H and O–H groups in total. The van der Waals surface area contributed by atoms with Crippen molar-refractivity contribution in [1.29, 1.82) is 0 Å². The van der Waals surface area contributed by atoms with Gasteiger partial charge in [0.05, 0.1) is 41.5 Å². The van der Waals surface area contributed by atoms with Gasteiger partial charge in [0.1, 0.15) is 0 Å². The lowest BCUT2D eigenvalue weighted by Gasteiger charge is -2.47. The molecule has 306 valence electrons. The van der Waals surface area contributed by atoms with Crippen LogP contribution in [0.3, 0.4) is 0 Å². The zero-order valence-corrected chi connectivity index (χ0v) is 34.6. The highest BCUT2D eigenvalue weighted by atomic mass is 16.5. The van der Waals surface area contributed by atoms with E-state index in [9.17, 15) is 14.7 Å². The highest BCUT2D eigenvalue weighted by molar-refractivity contribution is 5.79. The maximum absolute atomic E-state index is 12.1. The van der Waals surface area contributed by atoms with E-state index < -0.39 is 5.91 Å². The van der Waals surface area contributed by atoms with Crippen LogP contribution in [0.25, 0.3) is 0 Å². The lowest BCUT2D eigenvalue weighted by molar-refractivity contribution is -0.148. The molecule has 4 aliphatic rings. The van der Waals surface area contributed by atoms with Crippen LogP contribution in [0.4, 0.5) is 0 Å². The molecule has 0 bridgehead atoms. The van der Waals surface area contributed by atoms with Crippen molar-refractivity contribution in [3.8, 4) is 23.0 Å². The molecule has 4 heterocycles. The summed E-state index contributed by atoms with van der Waals surface area (Å²) in [5.41, 5.74) is 10.5. The standard InChI is InChI=1S/C24H36N2O5.C20H31NO3/c1-15(2)9-17-13-26-8-7-16-11-21(29-3)22(30-4)12-19(16)20(26)10-18(17)14-31-24(28)6-5-23(25)27;1-13(2)7-15-11-21-6-5-14-9-19(23-3)20(24-4)10-17(14)18(21)8-16(15)12-22/h11-12,15,17-18,20H,5-10,13-14H2,1-4H3,(H2,25,27);9-10,13,15-16,18,22H,5-8,11-12H2,1-4H3/t17-,18+,20-;15-,16+,18-/m11/s1. The molecular formula is C44H67N3O8. The number of carbonyl (C=O) groups is 2. The van der Waals surface area contributed by atoms with Crippen LogP contribution in [0.5, 0.6) is 23.0 Å². The first kappa shape index (κ1) is 42.6. The van der Waals surface area contributed by atoms with Crippen LogP contribution in [0.15, 0.2) is 24.3 Å². The Hall–Kier alpha value is -3.54. The second kappa shape index (κ2) is 19.6. The monoisotopic (exact) mass is 765 g/mol. The number of fused-ring (bicyclic) bond motifs is 6. The molecule has 55 heavy (non-hydrogen) atoms. The Kier molecular flexibility index (Phi) is 15.1. The maximum atomic E-state index is 12.1. The van der Waals surface area contributed by atoms with E-state index in [1.165, 1.54) is 28.7 Å². The Labute approximate surface area is 329 Å². The first-order chi connectivity index (χ1) is 26.4. The van der Waals surface area contributed by atoms with Gasteiger partial charge in [0.2, 0.25) is 5.91 Å². The van der Waals surface area contributed by atoms with E-state index in [0.717, 1.165) is 81.3 Å². The van der Waals surface area contributed by atoms with Gasteiger partial charge in [-0.25, -0.2) is 0 Å². The second-order valence-electron chi connectivity index (χ2n) is 16.9. The molecule has 4 aliphatic heterocycles. The van der Waals surface area contributed by atoms with Crippen molar-refractivity contribution in [1.82, 2.24) is 9.80 Å². The summed E-state index contributed by atoms with van der Waals surface area (Å²) in [6.07, 6.45) is 6.41. The average Bonchev–Trinajstić information content (AvgIpc) is 3.17. The SMILES string of the molecule is COc1cc2c(cc1OC)[C@H]1C[C@@H](CO)[C@H](CC(C)C)CN1CC2.COc1cc2c(cc1OC)[C@H]1C[C@@H](COC(=O)CCC(N)=O)[C@H](CC(C)C)CN1CC2. The maximum Gasteiger partial charge on any atom is 0.306 e. The fourth-order valence-electron chi connectivity index (χ4n) is 9.68. The van der Waals surface area contributed by atoms with Crippen molar-refractivity contribution >= 4 is 11.9 Å². The van der Waals surface area contributed by atoms with Gasteiger partial charge >= 0.3 is 5.97 Å². The third-order valence-corrected chi connectivity index (χ3v) is 12.4. The number of rotatable bonds is 14. The van der Waals surface area contributed by atoms with Crippen molar-refractivity contribution in [2.45, 2.75) is 91.1 Å². The minimum Gasteiger partial charge on any atom is -0.493 e. The normalized spacial score (nSPS) is 24.7. The number of aliphatic hydroxyl groups is 1. The Morgan fingerprint density at radius 2 is 1.13 bits per heavy atom. The fraction of sp³-hybridized carbons (Fsp3) is 0.682. The molecule has 2 aromatic rings. The molecule has 2 aromatic carbocycles. The number of aliphatic hydroxyl groups excluding tert-OH is 1.